The van der Waals surface area contributed by atoms with Crippen molar-refractivity contribution in [2.24, 2.45) is 5.92 Å². The van der Waals surface area contributed by atoms with Crippen molar-refractivity contribution in [2.45, 2.75) is 26.3 Å². The molecule has 0 bridgehead atoms. The Morgan fingerprint density at radius 2 is 2.33 bits per heavy atom. The van der Waals surface area contributed by atoms with Crippen molar-refractivity contribution in [3.63, 3.8) is 0 Å². The second kappa shape index (κ2) is 3.81. The number of aldehydes is 1. The maximum atomic E-state index is 11.1. The minimum Gasteiger partial charge on any atom is -0.295 e. The highest BCUT2D eigenvalue weighted by molar-refractivity contribution is 6.27. The lowest BCUT2D eigenvalue weighted by atomic mass is 10.1. The number of carbonyl (C=O) groups excluding carboxylic acids is 2. The number of hydrogen-bond donors (Lipinski definition) is 0. The molecule has 0 aromatic heterocycles. The quantitative estimate of drug-likeness (QED) is 0.455. The van der Waals surface area contributed by atoms with Crippen LogP contribution in [0.3, 0.4) is 0 Å². The molecule has 0 aliphatic carbocycles. The van der Waals surface area contributed by atoms with Crippen molar-refractivity contribution in [1.29, 1.82) is 0 Å². The van der Waals surface area contributed by atoms with Crippen molar-refractivity contribution >= 4 is 12.1 Å². The molecule has 12 heavy (non-hydrogen) atoms. The number of likely N-dealkylation sites (tertiary alicyclic amines) is 1. The van der Waals surface area contributed by atoms with Gasteiger partial charge in [-0.25, -0.2) is 0 Å². The van der Waals surface area contributed by atoms with Gasteiger partial charge in [-0.1, -0.05) is 13.8 Å². The number of rotatable bonds is 3. The summed E-state index contributed by atoms with van der Waals surface area (Å²) in [4.78, 5) is 23.5. The summed E-state index contributed by atoms with van der Waals surface area (Å²) in [6.45, 7) is 5.93. The third-order valence-corrected chi connectivity index (χ3v) is 2.46. The Morgan fingerprint density at radius 3 is 2.83 bits per heavy atom. The first-order valence-corrected chi connectivity index (χ1v) is 4.42. The van der Waals surface area contributed by atoms with Crippen LogP contribution in [-0.2, 0) is 9.59 Å². The molecule has 0 saturated carbocycles. The van der Waals surface area contributed by atoms with Gasteiger partial charge in [-0.2, -0.15) is 0 Å². The van der Waals surface area contributed by atoms with E-state index >= 15 is 0 Å². The summed E-state index contributed by atoms with van der Waals surface area (Å²) < 4.78 is 0. The van der Waals surface area contributed by atoms with E-state index in [1.807, 2.05) is 6.92 Å². The molecule has 2 atom stereocenters. The van der Waals surface area contributed by atoms with Crippen LogP contribution in [0.2, 0.25) is 0 Å². The summed E-state index contributed by atoms with van der Waals surface area (Å²) in [7, 11) is 0. The second-order valence-corrected chi connectivity index (χ2v) is 3.46. The van der Waals surface area contributed by atoms with Crippen LogP contribution in [0.5, 0.6) is 0 Å². The van der Waals surface area contributed by atoms with Crippen LogP contribution in [0.1, 0.15) is 20.3 Å². The lowest BCUT2D eigenvalue weighted by molar-refractivity contribution is -0.132. The third-order valence-electron chi connectivity index (χ3n) is 2.46. The SMILES string of the molecule is CCN1CC(C)CC1C(=O)C=O. The first-order valence-electron chi connectivity index (χ1n) is 4.42. The van der Waals surface area contributed by atoms with E-state index in [0.717, 1.165) is 19.5 Å². The second-order valence-electron chi connectivity index (χ2n) is 3.46. The minimum atomic E-state index is -0.263. The van der Waals surface area contributed by atoms with Crippen LogP contribution in [-0.4, -0.2) is 36.1 Å². The summed E-state index contributed by atoms with van der Waals surface area (Å²) in [5.41, 5.74) is 0. The Morgan fingerprint density at radius 1 is 1.67 bits per heavy atom. The molecule has 1 saturated heterocycles. The van der Waals surface area contributed by atoms with Gasteiger partial charge in [-0.15, -0.1) is 0 Å². The Balaban J connectivity index is 2.63. The molecule has 1 rings (SSSR count). The monoisotopic (exact) mass is 169 g/mol. The molecule has 0 amide bonds. The van der Waals surface area contributed by atoms with E-state index in [4.69, 9.17) is 0 Å². The molecule has 68 valence electrons. The van der Waals surface area contributed by atoms with Gasteiger partial charge in [0, 0.05) is 6.54 Å². The smallest absolute Gasteiger partial charge is 0.212 e. The predicted molar refractivity (Wildman–Crippen MR) is 45.9 cm³/mol. The maximum Gasteiger partial charge on any atom is 0.212 e. The van der Waals surface area contributed by atoms with Crippen molar-refractivity contribution in [2.75, 3.05) is 13.1 Å². The van der Waals surface area contributed by atoms with E-state index in [1.165, 1.54) is 0 Å². The number of nitrogens with zero attached hydrogens (tertiary/aromatic N) is 1. The summed E-state index contributed by atoms with van der Waals surface area (Å²) in [5, 5.41) is 0. The van der Waals surface area contributed by atoms with E-state index in [9.17, 15) is 9.59 Å². The van der Waals surface area contributed by atoms with Crippen LogP contribution >= 0.6 is 0 Å². The number of likely N-dealkylation sites (N-methyl/N-ethyl adjacent to an activating group) is 1. The molecule has 3 heteroatoms. The van der Waals surface area contributed by atoms with Gasteiger partial charge in [0.15, 0.2) is 6.29 Å². The first kappa shape index (κ1) is 9.39. The zero-order valence-electron chi connectivity index (χ0n) is 7.62. The summed E-state index contributed by atoms with van der Waals surface area (Å²) in [6.07, 6.45) is 1.29. The summed E-state index contributed by atoms with van der Waals surface area (Å²) >= 11 is 0. The molecule has 1 aliphatic rings. The maximum absolute atomic E-state index is 11.1. The van der Waals surface area contributed by atoms with Crippen molar-refractivity contribution in [3.05, 3.63) is 0 Å². The topological polar surface area (TPSA) is 37.4 Å². The Bertz CT molecular complexity index is 191. The Labute approximate surface area is 72.7 Å². The van der Waals surface area contributed by atoms with Gasteiger partial charge in [0.1, 0.15) is 0 Å². The van der Waals surface area contributed by atoms with E-state index in [2.05, 4.69) is 11.8 Å². The minimum absolute atomic E-state index is 0.137. The molecule has 2 unspecified atom stereocenters. The molecule has 1 fully saturated rings. The predicted octanol–water partition coefficient (Wildman–Crippen LogP) is 0.485. The molecule has 1 heterocycles. The first-order chi connectivity index (χ1) is 5.69. The molecule has 0 radical (unpaired) electrons. The van der Waals surface area contributed by atoms with E-state index in [-0.39, 0.29) is 11.8 Å². The molecule has 1 aliphatic heterocycles. The van der Waals surface area contributed by atoms with Gasteiger partial charge >= 0.3 is 0 Å². The molecule has 0 spiro atoms. The van der Waals surface area contributed by atoms with E-state index in [0.29, 0.717) is 12.2 Å². The molecule has 0 aromatic carbocycles. The highest BCUT2D eigenvalue weighted by atomic mass is 16.2. The molecular weight excluding hydrogens is 154 g/mol. The van der Waals surface area contributed by atoms with Crippen molar-refractivity contribution in [1.82, 2.24) is 4.90 Å². The lowest BCUT2D eigenvalue weighted by Crippen LogP contribution is -2.36. The van der Waals surface area contributed by atoms with Gasteiger partial charge in [-0.3, -0.25) is 14.5 Å². The van der Waals surface area contributed by atoms with Crippen LogP contribution in [0, 0.1) is 5.92 Å². The van der Waals surface area contributed by atoms with Crippen LogP contribution < -0.4 is 0 Å². The van der Waals surface area contributed by atoms with Gasteiger partial charge in [0.05, 0.1) is 6.04 Å². The van der Waals surface area contributed by atoms with Gasteiger partial charge in [-0.05, 0) is 18.9 Å². The zero-order valence-corrected chi connectivity index (χ0v) is 7.62. The summed E-state index contributed by atoms with van der Waals surface area (Å²) in [5.74, 6) is 0.278. The number of Topliss-reactive ketones (excluding diaryl/α,β-unsaturated/α-hetero) is 1. The van der Waals surface area contributed by atoms with Gasteiger partial charge in [0.2, 0.25) is 5.78 Å². The van der Waals surface area contributed by atoms with Crippen LogP contribution in [0.25, 0.3) is 0 Å². The average molecular weight is 169 g/mol. The van der Waals surface area contributed by atoms with Crippen LogP contribution in [0.15, 0.2) is 0 Å². The lowest BCUT2D eigenvalue weighted by Gasteiger charge is -2.18. The largest absolute Gasteiger partial charge is 0.295 e. The van der Waals surface area contributed by atoms with E-state index in [1.54, 1.807) is 0 Å². The molecular formula is C9H15NO2. The summed E-state index contributed by atoms with van der Waals surface area (Å²) in [6, 6.07) is -0.137. The van der Waals surface area contributed by atoms with E-state index < -0.39 is 0 Å². The van der Waals surface area contributed by atoms with Crippen LogP contribution in [0.4, 0.5) is 0 Å². The third kappa shape index (κ3) is 1.72. The number of ketones is 1. The zero-order chi connectivity index (χ0) is 9.14. The van der Waals surface area contributed by atoms with Gasteiger partial charge < -0.3 is 0 Å². The fraction of sp³-hybridized carbons (Fsp3) is 0.778. The fourth-order valence-electron chi connectivity index (χ4n) is 1.86. The molecule has 0 aromatic rings. The van der Waals surface area contributed by atoms with Crippen molar-refractivity contribution in [3.8, 4) is 0 Å². The number of carbonyl (C=O) groups is 2. The number of hydrogen-bond acceptors (Lipinski definition) is 3. The highest BCUT2D eigenvalue weighted by Crippen LogP contribution is 2.22. The highest BCUT2D eigenvalue weighted by Gasteiger charge is 2.32. The standard InChI is InChI=1S/C9H15NO2/c1-3-10-5-7(2)4-8(10)9(12)6-11/h6-8H,3-5H2,1-2H3. The fourth-order valence-corrected chi connectivity index (χ4v) is 1.86. The Kier molecular flexibility index (Phi) is 2.98. The molecule has 3 nitrogen and oxygen atoms in total. The normalized spacial score (nSPS) is 30.5. The molecule has 0 N–H and O–H groups in total. The average Bonchev–Trinajstić information content (AvgIpc) is 2.45. The van der Waals surface area contributed by atoms with Gasteiger partial charge in [0.25, 0.3) is 0 Å². The Hall–Kier alpha value is -0.700. The van der Waals surface area contributed by atoms with Crippen molar-refractivity contribution < 1.29 is 9.59 Å².